The number of aliphatic carboxylic acids is 1. The van der Waals surface area contributed by atoms with Crippen molar-refractivity contribution < 1.29 is 14.7 Å². The molecule has 2 aliphatic rings. The fourth-order valence-electron chi connectivity index (χ4n) is 2.27. The molecule has 0 spiro atoms. The van der Waals surface area contributed by atoms with E-state index in [9.17, 15) is 9.59 Å². The van der Waals surface area contributed by atoms with Crippen molar-refractivity contribution >= 4 is 24.5 Å². The van der Waals surface area contributed by atoms with Crippen molar-refractivity contribution in [1.29, 1.82) is 0 Å². The number of carboxylic acids is 1. The molecule has 1 aliphatic carbocycles. The lowest BCUT2D eigenvalue weighted by molar-refractivity contribution is -0.150. The quantitative estimate of drug-likeness (QED) is 0.688. The zero-order chi connectivity index (χ0) is 11.0. The molecule has 1 heterocycles. The molecule has 0 aromatic rings. The van der Waals surface area contributed by atoms with Gasteiger partial charge >= 0.3 is 5.97 Å². The highest BCUT2D eigenvalue weighted by Gasteiger charge is 2.42. The van der Waals surface area contributed by atoms with Crippen molar-refractivity contribution in [2.75, 3.05) is 6.54 Å². The Balaban J connectivity index is 2.03. The largest absolute Gasteiger partial charge is 0.480 e. The standard InChI is InChI=1S/C10H15NO3S/c12-9(6-3-4-8(6)15)11-5-1-2-7(11)10(13)14/h6-8,15H,1-5H2,(H,13,14)/t6?,7-,8?/m0/s1. The molecule has 1 saturated carbocycles. The van der Waals surface area contributed by atoms with Crippen LogP contribution in [-0.2, 0) is 9.59 Å². The summed E-state index contributed by atoms with van der Waals surface area (Å²) in [5.74, 6) is -0.935. The summed E-state index contributed by atoms with van der Waals surface area (Å²) in [5.41, 5.74) is 0. The Morgan fingerprint density at radius 3 is 2.47 bits per heavy atom. The van der Waals surface area contributed by atoms with E-state index in [4.69, 9.17) is 5.11 Å². The SMILES string of the molecule is O=C(O)[C@@H]1CCCN1C(=O)C1CCC1S. The summed E-state index contributed by atoms with van der Waals surface area (Å²) >= 11 is 4.30. The normalized spacial score (nSPS) is 35.0. The van der Waals surface area contributed by atoms with Crippen LogP contribution >= 0.6 is 12.6 Å². The van der Waals surface area contributed by atoms with Gasteiger partial charge in [-0.05, 0) is 25.7 Å². The minimum absolute atomic E-state index is 0.00819. The number of nitrogens with zero attached hydrogens (tertiary/aromatic N) is 1. The molecule has 0 radical (unpaired) electrons. The first-order valence-corrected chi connectivity index (χ1v) is 5.84. The summed E-state index contributed by atoms with van der Waals surface area (Å²) in [7, 11) is 0. The molecule has 4 nitrogen and oxygen atoms in total. The third-order valence-corrected chi connectivity index (χ3v) is 3.99. The summed E-state index contributed by atoms with van der Waals surface area (Å²) in [5, 5.41) is 9.09. The Morgan fingerprint density at radius 1 is 1.27 bits per heavy atom. The molecule has 84 valence electrons. The van der Waals surface area contributed by atoms with Crippen LogP contribution in [0.5, 0.6) is 0 Å². The van der Waals surface area contributed by atoms with E-state index in [2.05, 4.69) is 12.6 Å². The zero-order valence-corrected chi connectivity index (χ0v) is 9.32. The molecular weight excluding hydrogens is 214 g/mol. The Hall–Kier alpha value is -0.710. The fourth-order valence-corrected chi connectivity index (χ4v) is 2.70. The van der Waals surface area contributed by atoms with Crippen LogP contribution < -0.4 is 0 Å². The fraction of sp³-hybridized carbons (Fsp3) is 0.800. The lowest BCUT2D eigenvalue weighted by Crippen LogP contribution is -2.48. The van der Waals surface area contributed by atoms with Gasteiger partial charge in [-0.15, -0.1) is 0 Å². The second-order valence-corrected chi connectivity index (χ2v) is 4.94. The van der Waals surface area contributed by atoms with Crippen LogP contribution in [0, 0.1) is 5.92 Å². The van der Waals surface area contributed by atoms with Gasteiger partial charge in [0, 0.05) is 17.7 Å². The first kappa shape index (κ1) is 10.8. The molecular formula is C10H15NO3S. The van der Waals surface area contributed by atoms with Crippen molar-refractivity contribution in [3.8, 4) is 0 Å². The number of carbonyl (C=O) groups is 2. The Morgan fingerprint density at radius 2 is 2.00 bits per heavy atom. The number of carbonyl (C=O) groups excluding carboxylic acids is 1. The maximum Gasteiger partial charge on any atom is 0.326 e. The first-order chi connectivity index (χ1) is 7.11. The molecule has 0 aromatic heterocycles. The lowest BCUT2D eigenvalue weighted by atomic mass is 9.83. The van der Waals surface area contributed by atoms with Crippen LogP contribution in [0.3, 0.4) is 0 Å². The molecule has 2 fully saturated rings. The summed E-state index contributed by atoms with van der Waals surface area (Å²) in [6.45, 7) is 0.590. The minimum Gasteiger partial charge on any atom is -0.480 e. The van der Waals surface area contributed by atoms with Crippen LogP contribution in [0.15, 0.2) is 0 Å². The summed E-state index contributed by atoms with van der Waals surface area (Å²) in [6, 6.07) is -0.598. The van der Waals surface area contributed by atoms with Gasteiger partial charge in [-0.2, -0.15) is 12.6 Å². The summed E-state index contributed by atoms with van der Waals surface area (Å²) in [6.07, 6.45) is 3.21. The predicted octanol–water partition coefficient (Wildman–Crippen LogP) is 0.770. The van der Waals surface area contributed by atoms with Crippen molar-refractivity contribution in [3.05, 3.63) is 0 Å². The Labute approximate surface area is 94.0 Å². The summed E-state index contributed by atoms with van der Waals surface area (Å²) < 4.78 is 0. The van der Waals surface area contributed by atoms with Crippen LogP contribution in [-0.4, -0.2) is 39.7 Å². The Kier molecular flexibility index (Phi) is 2.91. The van der Waals surface area contributed by atoms with Gasteiger partial charge in [-0.3, -0.25) is 4.79 Å². The zero-order valence-electron chi connectivity index (χ0n) is 8.43. The number of carboxylic acid groups (broad SMARTS) is 1. The van der Waals surface area contributed by atoms with Crippen LogP contribution in [0.25, 0.3) is 0 Å². The molecule has 15 heavy (non-hydrogen) atoms. The second kappa shape index (κ2) is 4.04. The van der Waals surface area contributed by atoms with Crippen molar-refractivity contribution in [1.82, 2.24) is 4.90 Å². The van der Waals surface area contributed by atoms with Crippen LogP contribution in [0.1, 0.15) is 25.7 Å². The lowest BCUT2D eigenvalue weighted by Gasteiger charge is -2.35. The van der Waals surface area contributed by atoms with E-state index in [1.54, 1.807) is 0 Å². The van der Waals surface area contributed by atoms with Crippen molar-refractivity contribution in [3.63, 3.8) is 0 Å². The van der Waals surface area contributed by atoms with E-state index in [-0.39, 0.29) is 17.1 Å². The highest BCUT2D eigenvalue weighted by Crippen LogP contribution is 2.35. The van der Waals surface area contributed by atoms with Gasteiger partial charge in [-0.25, -0.2) is 4.79 Å². The van der Waals surface area contributed by atoms with Crippen molar-refractivity contribution in [2.24, 2.45) is 5.92 Å². The molecule has 3 atom stereocenters. The number of likely N-dealkylation sites (tertiary alicyclic amines) is 1. The summed E-state index contributed by atoms with van der Waals surface area (Å²) in [4.78, 5) is 24.4. The van der Waals surface area contributed by atoms with Gasteiger partial charge in [0.15, 0.2) is 0 Å². The maximum atomic E-state index is 12.0. The second-order valence-electron chi connectivity index (χ2n) is 4.28. The van der Waals surface area contributed by atoms with Crippen molar-refractivity contribution in [2.45, 2.75) is 37.0 Å². The molecule has 0 aromatic carbocycles. The molecule has 2 rings (SSSR count). The molecule has 1 amide bonds. The third-order valence-electron chi connectivity index (χ3n) is 3.38. The number of rotatable bonds is 2. The minimum atomic E-state index is -0.879. The van der Waals surface area contributed by atoms with Gasteiger partial charge in [0.05, 0.1) is 0 Å². The third kappa shape index (κ3) is 1.85. The molecule has 1 saturated heterocycles. The van der Waals surface area contributed by atoms with Gasteiger partial charge in [0.1, 0.15) is 6.04 Å². The van der Waals surface area contributed by atoms with Crippen LogP contribution in [0.4, 0.5) is 0 Å². The van der Waals surface area contributed by atoms with Gasteiger partial charge in [0.2, 0.25) is 5.91 Å². The highest BCUT2D eigenvalue weighted by molar-refractivity contribution is 7.81. The number of amides is 1. The van der Waals surface area contributed by atoms with E-state index >= 15 is 0 Å². The van der Waals surface area contributed by atoms with Crippen LogP contribution in [0.2, 0.25) is 0 Å². The Bertz CT molecular complexity index is 294. The van der Waals surface area contributed by atoms with E-state index in [1.807, 2.05) is 0 Å². The first-order valence-electron chi connectivity index (χ1n) is 5.32. The highest BCUT2D eigenvalue weighted by atomic mass is 32.1. The predicted molar refractivity (Wildman–Crippen MR) is 57.9 cm³/mol. The topological polar surface area (TPSA) is 57.6 Å². The van der Waals surface area contributed by atoms with Gasteiger partial charge in [-0.1, -0.05) is 0 Å². The molecule has 0 bridgehead atoms. The molecule has 5 heteroatoms. The number of thiol groups is 1. The average molecular weight is 229 g/mol. The monoisotopic (exact) mass is 229 g/mol. The van der Waals surface area contributed by atoms with E-state index in [1.165, 1.54) is 4.90 Å². The average Bonchev–Trinajstić information content (AvgIpc) is 2.63. The van der Waals surface area contributed by atoms with E-state index < -0.39 is 12.0 Å². The smallest absolute Gasteiger partial charge is 0.326 e. The van der Waals surface area contributed by atoms with Gasteiger partial charge in [0.25, 0.3) is 0 Å². The van der Waals surface area contributed by atoms with E-state index in [0.717, 1.165) is 19.3 Å². The van der Waals surface area contributed by atoms with Gasteiger partial charge < -0.3 is 10.0 Å². The number of hydrogen-bond donors (Lipinski definition) is 2. The molecule has 1 N–H and O–H groups in total. The van der Waals surface area contributed by atoms with E-state index in [0.29, 0.717) is 13.0 Å². The molecule has 2 unspecified atom stereocenters. The number of hydrogen-bond acceptors (Lipinski definition) is 3. The molecule has 1 aliphatic heterocycles. The maximum absolute atomic E-state index is 12.0.